The van der Waals surface area contributed by atoms with Crippen molar-refractivity contribution in [3.8, 4) is 0 Å². The number of aliphatic hydroxyl groups is 1. The molecule has 0 fully saturated rings. The van der Waals surface area contributed by atoms with Crippen LogP contribution in [-0.4, -0.2) is 26.2 Å². The van der Waals surface area contributed by atoms with E-state index in [0.29, 0.717) is 19.8 Å². The standard InChI is InChI=1S/C9H20OSe/c1-4-6-8(10)9(11-3)7-5-2/h8-10H,4-7H2,1-3H3. The molecule has 2 atom stereocenters. The average Bonchev–Trinajstić information content (AvgIpc) is 2.00. The van der Waals surface area contributed by atoms with E-state index >= 15 is 0 Å². The van der Waals surface area contributed by atoms with Crippen molar-refractivity contribution in [3.63, 3.8) is 0 Å². The molecule has 1 N–H and O–H groups in total. The Morgan fingerprint density at radius 1 is 1.18 bits per heavy atom. The zero-order valence-corrected chi connectivity index (χ0v) is 9.55. The van der Waals surface area contributed by atoms with Crippen LogP contribution in [0.4, 0.5) is 0 Å². The molecule has 0 aliphatic carbocycles. The second-order valence-corrected chi connectivity index (χ2v) is 5.18. The maximum absolute atomic E-state index is 9.66. The van der Waals surface area contributed by atoms with Crippen LogP contribution < -0.4 is 0 Å². The van der Waals surface area contributed by atoms with E-state index in [4.69, 9.17) is 0 Å². The van der Waals surface area contributed by atoms with Crippen LogP contribution in [0.2, 0.25) is 10.6 Å². The van der Waals surface area contributed by atoms with E-state index in [1.807, 2.05) is 0 Å². The van der Waals surface area contributed by atoms with Gasteiger partial charge in [0.2, 0.25) is 0 Å². The maximum atomic E-state index is 9.66. The van der Waals surface area contributed by atoms with Gasteiger partial charge in [0.15, 0.2) is 0 Å². The summed E-state index contributed by atoms with van der Waals surface area (Å²) >= 11 is 0.616. The summed E-state index contributed by atoms with van der Waals surface area (Å²) in [6.45, 7) is 4.33. The quantitative estimate of drug-likeness (QED) is 0.686. The van der Waals surface area contributed by atoms with Crippen LogP contribution >= 0.6 is 0 Å². The summed E-state index contributed by atoms with van der Waals surface area (Å²) in [5, 5.41) is 9.66. The Balaban J connectivity index is 3.61. The molecule has 0 radical (unpaired) electrons. The van der Waals surface area contributed by atoms with E-state index in [2.05, 4.69) is 19.7 Å². The summed E-state index contributed by atoms with van der Waals surface area (Å²) in [4.78, 5) is 0.604. The fourth-order valence-electron chi connectivity index (χ4n) is 1.23. The van der Waals surface area contributed by atoms with Crippen LogP contribution in [0, 0.1) is 0 Å². The third-order valence-corrected chi connectivity index (χ3v) is 4.31. The first kappa shape index (κ1) is 11.5. The van der Waals surface area contributed by atoms with Crippen molar-refractivity contribution in [2.45, 2.75) is 56.3 Å². The van der Waals surface area contributed by atoms with Crippen molar-refractivity contribution in [1.29, 1.82) is 0 Å². The monoisotopic (exact) mass is 224 g/mol. The molecular formula is C9H20OSe. The van der Waals surface area contributed by atoms with E-state index in [0.717, 1.165) is 12.8 Å². The SMILES string of the molecule is CCCC(O)C(CCC)[Se]C. The minimum absolute atomic E-state index is 0.0232. The van der Waals surface area contributed by atoms with Gasteiger partial charge in [0, 0.05) is 0 Å². The molecule has 68 valence electrons. The molecule has 0 rings (SSSR count). The Bertz CT molecular complexity index is 85.6. The molecule has 0 saturated carbocycles. The van der Waals surface area contributed by atoms with Crippen LogP contribution in [0.3, 0.4) is 0 Å². The van der Waals surface area contributed by atoms with Gasteiger partial charge >= 0.3 is 76.3 Å². The molecule has 0 aliphatic rings. The normalized spacial score (nSPS) is 16.4. The Hall–Kier alpha value is 0.479. The molecule has 0 heterocycles. The van der Waals surface area contributed by atoms with Crippen LogP contribution in [0.1, 0.15) is 39.5 Å². The molecular weight excluding hydrogens is 203 g/mol. The van der Waals surface area contributed by atoms with E-state index in [1.165, 1.54) is 12.8 Å². The molecule has 2 unspecified atom stereocenters. The number of aliphatic hydroxyl groups excluding tert-OH is 1. The average molecular weight is 223 g/mol. The van der Waals surface area contributed by atoms with Gasteiger partial charge in [-0.25, -0.2) is 0 Å². The molecule has 0 aromatic carbocycles. The molecule has 11 heavy (non-hydrogen) atoms. The summed E-state index contributed by atoms with van der Waals surface area (Å²) in [7, 11) is 0. The van der Waals surface area contributed by atoms with Gasteiger partial charge in [0.25, 0.3) is 0 Å². The Morgan fingerprint density at radius 3 is 2.09 bits per heavy atom. The van der Waals surface area contributed by atoms with Gasteiger partial charge < -0.3 is 0 Å². The van der Waals surface area contributed by atoms with Gasteiger partial charge in [-0.15, -0.1) is 0 Å². The van der Waals surface area contributed by atoms with Gasteiger partial charge in [-0.1, -0.05) is 0 Å². The van der Waals surface area contributed by atoms with Gasteiger partial charge in [0.1, 0.15) is 0 Å². The summed E-state index contributed by atoms with van der Waals surface area (Å²) in [5.41, 5.74) is 0. The fraction of sp³-hybridized carbons (Fsp3) is 1.00. The number of hydrogen-bond donors (Lipinski definition) is 1. The van der Waals surface area contributed by atoms with Crippen LogP contribution in [0.15, 0.2) is 0 Å². The fourth-order valence-corrected chi connectivity index (χ4v) is 3.17. The van der Waals surface area contributed by atoms with Gasteiger partial charge in [-0.05, 0) is 0 Å². The van der Waals surface area contributed by atoms with Crippen LogP contribution in [0.5, 0.6) is 0 Å². The molecule has 2 heteroatoms. The Labute approximate surface area is 76.7 Å². The van der Waals surface area contributed by atoms with Crippen molar-refractivity contribution in [1.82, 2.24) is 0 Å². The zero-order chi connectivity index (χ0) is 8.69. The summed E-state index contributed by atoms with van der Waals surface area (Å²) in [5.74, 6) is 2.23. The predicted molar refractivity (Wildman–Crippen MR) is 51.2 cm³/mol. The summed E-state index contributed by atoms with van der Waals surface area (Å²) in [6, 6.07) is 0. The molecule has 0 amide bonds. The molecule has 1 nitrogen and oxygen atoms in total. The van der Waals surface area contributed by atoms with E-state index in [1.54, 1.807) is 0 Å². The van der Waals surface area contributed by atoms with Crippen molar-refractivity contribution in [2.24, 2.45) is 0 Å². The second kappa shape index (κ2) is 7.15. The van der Waals surface area contributed by atoms with Gasteiger partial charge in [-0.2, -0.15) is 0 Å². The van der Waals surface area contributed by atoms with Crippen molar-refractivity contribution < 1.29 is 5.11 Å². The molecule has 0 spiro atoms. The second-order valence-electron chi connectivity index (χ2n) is 2.92. The molecule has 0 saturated heterocycles. The van der Waals surface area contributed by atoms with E-state index in [-0.39, 0.29) is 6.10 Å². The summed E-state index contributed by atoms with van der Waals surface area (Å²) in [6.07, 6.45) is 4.49. The molecule has 0 aromatic rings. The molecule has 0 bridgehead atoms. The van der Waals surface area contributed by atoms with Crippen molar-refractivity contribution in [2.75, 3.05) is 0 Å². The number of hydrogen-bond acceptors (Lipinski definition) is 1. The zero-order valence-electron chi connectivity index (χ0n) is 7.84. The first-order valence-corrected chi connectivity index (χ1v) is 7.17. The number of rotatable bonds is 6. The van der Waals surface area contributed by atoms with Gasteiger partial charge in [-0.3, -0.25) is 0 Å². The topological polar surface area (TPSA) is 20.2 Å². The predicted octanol–water partition coefficient (Wildman–Crippen LogP) is 2.49. The summed E-state index contributed by atoms with van der Waals surface area (Å²) < 4.78 is 0. The van der Waals surface area contributed by atoms with Crippen LogP contribution in [0.25, 0.3) is 0 Å². The Kier molecular flexibility index (Phi) is 7.46. The van der Waals surface area contributed by atoms with Crippen LogP contribution in [-0.2, 0) is 0 Å². The minimum atomic E-state index is -0.0232. The third kappa shape index (κ3) is 4.84. The molecule has 0 aliphatic heterocycles. The third-order valence-electron chi connectivity index (χ3n) is 1.89. The first-order valence-electron chi connectivity index (χ1n) is 4.47. The van der Waals surface area contributed by atoms with E-state index in [9.17, 15) is 5.11 Å². The first-order chi connectivity index (χ1) is 5.26. The molecule has 0 aromatic heterocycles. The van der Waals surface area contributed by atoms with Crippen molar-refractivity contribution >= 4 is 15.0 Å². The van der Waals surface area contributed by atoms with E-state index < -0.39 is 0 Å². The van der Waals surface area contributed by atoms with Gasteiger partial charge in [0.05, 0.1) is 0 Å². The Morgan fingerprint density at radius 2 is 1.73 bits per heavy atom. The van der Waals surface area contributed by atoms with Crippen molar-refractivity contribution in [3.05, 3.63) is 0 Å².